The van der Waals surface area contributed by atoms with Gasteiger partial charge in [-0.05, 0) is 25.1 Å². The van der Waals surface area contributed by atoms with Crippen LogP contribution in [-0.4, -0.2) is 20.8 Å². The molecular formula is C17H15ClN4O3S. The van der Waals surface area contributed by atoms with Crippen LogP contribution in [0.4, 0.5) is 5.69 Å². The Balaban J connectivity index is 0.00000243. The van der Waals surface area contributed by atoms with Gasteiger partial charge in [0.15, 0.2) is 0 Å². The molecule has 0 aliphatic carbocycles. The predicted octanol–water partition coefficient (Wildman–Crippen LogP) is 3.82. The quantitative estimate of drug-likeness (QED) is 0.417. The first kappa shape index (κ1) is 19.4. The molecule has 134 valence electrons. The molecular weight excluding hydrogens is 376 g/mol. The lowest BCUT2D eigenvalue weighted by atomic mass is 10.2. The van der Waals surface area contributed by atoms with E-state index in [4.69, 9.17) is 0 Å². The fourth-order valence-corrected chi connectivity index (χ4v) is 3.08. The topological polar surface area (TPSA) is 93.0 Å². The summed E-state index contributed by atoms with van der Waals surface area (Å²) >= 11 is 1.43. The number of thiazole rings is 1. The van der Waals surface area contributed by atoms with Gasteiger partial charge in [0.05, 0.1) is 11.1 Å². The van der Waals surface area contributed by atoms with Gasteiger partial charge in [-0.2, -0.15) is 5.10 Å². The van der Waals surface area contributed by atoms with Crippen LogP contribution in [0.1, 0.15) is 11.3 Å². The average Bonchev–Trinajstić information content (AvgIpc) is 2.97. The van der Waals surface area contributed by atoms with Crippen molar-refractivity contribution in [3.63, 3.8) is 0 Å². The number of aromatic nitrogens is 1. The summed E-state index contributed by atoms with van der Waals surface area (Å²) in [5, 5.41) is 30.7. The summed E-state index contributed by atoms with van der Waals surface area (Å²) < 4.78 is 1.95. The van der Waals surface area contributed by atoms with E-state index in [1.807, 2.05) is 47.2 Å². The highest BCUT2D eigenvalue weighted by Crippen LogP contribution is 2.21. The summed E-state index contributed by atoms with van der Waals surface area (Å²) in [6.45, 7) is 1.97. The molecule has 7 nitrogen and oxygen atoms in total. The van der Waals surface area contributed by atoms with E-state index < -0.39 is 4.92 Å². The first-order valence-corrected chi connectivity index (χ1v) is 8.21. The van der Waals surface area contributed by atoms with Gasteiger partial charge in [-0.1, -0.05) is 18.2 Å². The molecule has 9 heteroatoms. The smallest absolute Gasteiger partial charge is 0.270 e. The lowest BCUT2D eigenvalue weighted by molar-refractivity contribution is -0.384. The molecule has 1 N–H and O–H groups in total. The fraction of sp³-hybridized carbons (Fsp3) is 0.0588. The Bertz CT molecular complexity index is 1010. The molecule has 0 aliphatic heterocycles. The van der Waals surface area contributed by atoms with Crippen LogP contribution >= 0.6 is 23.7 Å². The normalized spacial score (nSPS) is 11.5. The summed E-state index contributed by atoms with van der Waals surface area (Å²) in [6.07, 6.45) is 1.30. The van der Waals surface area contributed by atoms with Crippen LogP contribution in [0.15, 0.2) is 64.1 Å². The summed E-state index contributed by atoms with van der Waals surface area (Å²) in [5.74, 6) is -0.0946. The minimum atomic E-state index is -0.528. The van der Waals surface area contributed by atoms with Crippen molar-refractivity contribution >= 4 is 35.6 Å². The molecule has 2 aromatic carbocycles. The molecule has 0 aliphatic rings. The Morgan fingerprint density at radius 3 is 2.65 bits per heavy atom. The number of nitro benzene ring substituents is 1. The number of nitrogens with zero attached hydrogens (tertiary/aromatic N) is 4. The van der Waals surface area contributed by atoms with E-state index in [2.05, 4.69) is 10.2 Å². The number of non-ortho nitro benzene ring substituents is 1. The number of phenols is 1. The second-order valence-corrected chi connectivity index (χ2v) is 6.01. The molecule has 0 saturated heterocycles. The van der Waals surface area contributed by atoms with E-state index in [1.54, 1.807) is 0 Å². The number of aryl methyl sites for hydroxylation is 1. The molecule has 26 heavy (non-hydrogen) atoms. The molecule has 1 heterocycles. The molecule has 0 bridgehead atoms. The Labute approximate surface area is 159 Å². The van der Waals surface area contributed by atoms with Crippen molar-refractivity contribution in [2.45, 2.75) is 6.92 Å². The molecule has 3 aromatic rings. The van der Waals surface area contributed by atoms with Crippen molar-refractivity contribution in [2.24, 2.45) is 10.2 Å². The minimum absolute atomic E-state index is 0. The Kier molecular flexibility index (Phi) is 6.26. The van der Waals surface area contributed by atoms with E-state index in [0.29, 0.717) is 4.80 Å². The van der Waals surface area contributed by atoms with Gasteiger partial charge in [0, 0.05) is 34.5 Å². The van der Waals surface area contributed by atoms with Crippen LogP contribution in [0.5, 0.6) is 5.75 Å². The first-order valence-electron chi connectivity index (χ1n) is 7.33. The summed E-state index contributed by atoms with van der Waals surface area (Å²) in [7, 11) is 0. The van der Waals surface area contributed by atoms with E-state index in [-0.39, 0.29) is 29.4 Å². The van der Waals surface area contributed by atoms with Crippen molar-refractivity contribution in [3.05, 3.63) is 80.1 Å². The third kappa shape index (κ3) is 4.16. The standard InChI is InChI=1S/C17H14N4O3S.ClH/c1-12-11-25-17(20(12)14-5-3-2-4-6-14)19-18-10-13-9-15(21(23)24)7-8-16(13)22;/h2-11,22H,1H3;1H. The van der Waals surface area contributed by atoms with Crippen LogP contribution in [-0.2, 0) is 0 Å². The zero-order valence-corrected chi connectivity index (χ0v) is 15.3. The average molecular weight is 391 g/mol. The number of rotatable bonds is 4. The van der Waals surface area contributed by atoms with Gasteiger partial charge in [0.2, 0.25) is 4.80 Å². The Hall–Kier alpha value is -2.97. The Morgan fingerprint density at radius 1 is 1.23 bits per heavy atom. The maximum Gasteiger partial charge on any atom is 0.270 e. The van der Waals surface area contributed by atoms with Crippen LogP contribution in [0.3, 0.4) is 0 Å². The second kappa shape index (κ2) is 8.41. The zero-order valence-electron chi connectivity index (χ0n) is 13.6. The van der Waals surface area contributed by atoms with E-state index >= 15 is 0 Å². The van der Waals surface area contributed by atoms with Gasteiger partial charge in [-0.15, -0.1) is 28.8 Å². The molecule has 0 fully saturated rings. The largest absolute Gasteiger partial charge is 0.507 e. The number of phenolic OH excluding ortho intramolecular Hbond substituents is 1. The number of hydrogen-bond acceptors (Lipinski definition) is 6. The third-order valence-electron chi connectivity index (χ3n) is 3.46. The van der Waals surface area contributed by atoms with Crippen molar-refractivity contribution < 1.29 is 10.0 Å². The molecule has 0 atom stereocenters. The highest BCUT2D eigenvalue weighted by Gasteiger charge is 2.08. The predicted molar refractivity (Wildman–Crippen MR) is 104 cm³/mol. The van der Waals surface area contributed by atoms with Crippen LogP contribution in [0.25, 0.3) is 5.69 Å². The number of nitro groups is 1. The monoisotopic (exact) mass is 390 g/mol. The summed E-state index contributed by atoms with van der Waals surface area (Å²) in [4.78, 5) is 10.9. The SMILES string of the molecule is Cc1csc(=NN=Cc2cc([N+](=O)[O-])ccc2O)n1-c1ccccc1.Cl. The number of benzene rings is 2. The van der Waals surface area contributed by atoms with Gasteiger partial charge in [-0.3, -0.25) is 14.7 Å². The number of hydrogen-bond donors (Lipinski definition) is 1. The highest BCUT2D eigenvalue weighted by atomic mass is 35.5. The summed E-state index contributed by atoms with van der Waals surface area (Å²) in [6, 6.07) is 13.5. The van der Waals surface area contributed by atoms with Gasteiger partial charge >= 0.3 is 0 Å². The van der Waals surface area contributed by atoms with Crippen molar-refractivity contribution in [3.8, 4) is 11.4 Å². The van der Waals surface area contributed by atoms with Crippen LogP contribution < -0.4 is 4.80 Å². The van der Waals surface area contributed by atoms with Gasteiger partial charge < -0.3 is 5.11 Å². The number of halogens is 1. The molecule has 0 saturated carbocycles. The van der Waals surface area contributed by atoms with Crippen LogP contribution in [0.2, 0.25) is 0 Å². The lowest BCUT2D eigenvalue weighted by Crippen LogP contribution is -2.13. The number of para-hydroxylation sites is 1. The fourth-order valence-electron chi connectivity index (χ4n) is 2.25. The van der Waals surface area contributed by atoms with Crippen molar-refractivity contribution in [1.82, 2.24) is 4.57 Å². The Morgan fingerprint density at radius 2 is 1.96 bits per heavy atom. The summed E-state index contributed by atoms with van der Waals surface area (Å²) in [5.41, 5.74) is 2.10. The first-order chi connectivity index (χ1) is 12.1. The van der Waals surface area contributed by atoms with Gasteiger partial charge in [0.1, 0.15) is 5.75 Å². The van der Waals surface area contributed by atoms with Crippen molar-refractivity contribution in [2.75, 3.05) is 0 Å². The second-order valence-electron chi connectivity index (χ2n) is 5.18. The lowest BCUT2D eigenvalue weighted by Gasteiger charge is -2.04. The van der Waals surface area contributed by atoms with E-state index in [1.165, 1.54) is 35.8 Å². The highest BCUT2D eigenvalue weighted by molar-refractivity contribution is 7.07. The molecule has 0 amide bonds. The molecule has 0 spiro atoms. The van der Waals surface area contributed by atoms with Gasteiger partial charge in [-0.25, -0.2) is 0 Å². The van der Waals surface area contributed by atoms with Gasteiger partial charge in [0.25, 0.3) is 5.69 Å². The third-order valence-corrected chi connectivity index (χ3v) is 4.39. The molecule has 3 rings (SSSR count). The van der Waals surface area contributed by atoms with Crippen LogP contribution in [0, 0.1) is 17.0 Å². The van der Waals surface area contributed by atoms with E-state index in [0.717, 1.165) is 11.4 Å². The maximum absolute atomic E-state index is 10.8. The van der Waals surface area contributed by atoms with E-state index in [9.17, 15) is 15.2 Å². The maximum atomic E-state index is 10.8. The van der Waals surface area contributed by atoms with Crippen molar-refractivity contribution in [1.29, 1.82) is 0 Å². The molecule has 1 aromatic heterocycles. The molecule has 0 radical (unpaired) electrons. The molecule has 0 unspecified atom stereocenters. The minimum Gasteiger partial charge on any atom is -0.507 e. The zero-order chi connectivity index (χ0) is 17.8. The number of aromatic hydroxyl groups is 1.